The Morgan fingerprint density at radius 2 is 1.86 bits per heavy atom. The fraction of sp³-hybridized carbons (Fsp3) is 0.222. The molecule has 0 saturated heterocycles. The summed E-state index contributed by atoms with van der Waals surface area (Å²) in [6, 6.07) is 15.5. The normalized spacial score (nSPS) is 17.5. The number of halogens is 1. The van der Waals surface area contributed by atoms with Gasteiger partial charge < -0.3 is 5.32 Å². The van der Waals surface area contributed by atoms with Crippen LogP contribution in [0.15, 0.2) is 58.0 Å². The minimum atomic E-state index is -0.388. The zero-order chi connectivity index (χ0) is 15.7. The van der Waals surface area contributed by atoms with Gasteiger partial charge in [-0.25, -0.2) is 0 Å². The van der Waals surface area contributed by atoms with Gasteiger partial charge in [0.1, 0.15) is 6.04 Å². The number of nitrogens with one attached hydrogen (secondary N) is 1. The first kappa shape index (κ1) is 15.0. The summed E-state index contributed by atoms with van der Waals surface area (Å²) in [6.45, 7) is 4.03. The number of carbonyl (C=O) groups excluding carboxylic acids is 1. The lowest BCUT2D eigenvalue weighted by Crippen LogP contribution is -2.30. The molecule has 0 bridgehead atoms. The molecule has 2 aromatic rings. The Balaban J connectivity index is 2.23. The molecule has 1 aliphatic rings. The van der Waals surface area contributed by atoms with Crippen molar-refractivity contribution in [2.24, 2.45) is 10.9 Å². The van der Waals surface area contributed by atoms with E-state index >= 15 is 0 Å². The molecule has 1 aliphatic heterocycles. The number of fused-ring (bicyclic) bond motifs is 1. The van der Waals surface area contributed by atoms with E-state index in [4.69, 9.17) is 4.99 Å². The minimum Gasteiger partial charge on any atom is -0.324 e. The molecule has 1 atom stereocenters. The number of hydrogen-bond donors (Lipinski definition) is 1. The molecule has 2 aromatic carbocycles. The first-order valence-corrected chi connectivity index (χ1v) is 8.09. The van der Waals surface area contributed by atoms with Gasteiger partial charge in [0.2, 0.25) is 5.91 Å². The topological polar surface area (TPSA) is 41.5 Å². The first-order valence-electron chi connectivity index (χ1n) is 7.30. The van der Waals surface area contributed by atoms with Crippen molar-refractivity contribution >= 4 is 33.2 Å². The Kier molecular flexibility index (Phi) is 4.12. The molecular formula is C18H17BrN2O. The minimum absolute atomic E-state index is 0.0514. The number of benzene rings is 2. The number of nitrogens with zero attached hydrogens (tertiary/aromatic N) is 1. The number of hydrogen-bond acceptors (Lipinski definition) is 2. The van der Waals surface area contributed by atoms with E-state index in [1.807, 2.05) is 62.4 Å². The van der Waals surface area contributed by atoms with Gasteiger partial charge in [0, 0.05) is 15.6 Å². The average molecular weight is 357 g/mol. The molecule has 0 aromatic heterocycles. The highest BCUT2D eigenvalue weighted by Crippen LogP contribution is 2.28. The number of aliphatic imine (C=N–C) groups is 1. The van der Waals surface area contributed by atoms with E-state index in [1.165, 1.54) is 0 Å². The lowest BCUT2D eigenvalue weighted by atomic mass is 10.00. The fourth-order valence-corrected chi connectivity index (χ4v) is 2.93. The standard InChI is InChI=1S/C18H17BrN2O/c1-11(2)16-18(22)20-15-9-8-13(19)10-14(15)17(21-16)12-6-4-3-5-7-12/h3-11,16H,1-2H3,(H,20,22). The third-order valence-electron chi connectivity index (χ3n) is 3.71. The molecule has 1 N–H and O–H groups in total. The van der Waals surface area contributed by atoms with Crippen LogP contribution in [0.25, 0.3) is 0 Å². The van der Waals surface area contributed by atoms with E-state index in [0.29, 0.717) is 0 Å². The van der Waals surface area contributed by atoms with Gasteiger partial charge >= 0.3 is 0 Å². The molecule has 112 valence electrons. The summed E-state index contributed by atoms with van der Waals surface area (Å²) in [5.41, 5.74) is 3.62. The van der Waals surface area contributed by atoms with Gasteiger partial charge in [0.25, 0.3) is 0 Å². The predicted octanol–water partition coefficient (Wildman–Crippen LogP) is 4.26. The van der Waals surface area contributed by atoms with Crippen LogP contribution in [-0.2, 0) is 4.79 Å². The maximum atomic E-state index is 12.5. The molecule has 0 radical (unpaired) electrons. The van der Waals surface area contributed by atoms with E-state index < -0.39 is 0 Å². The number of carbonyl (C=O) groups is 1. The zero-order valence-electron chi connectivity index (χ0n) is 12.5. The van der Waals surface area contributed by atoms with Crippen LogP contribution >= 0.6 is 15.9 Å². The van der Waals surface area contributed by atoms with Crippen molar-refractivity contribution in [2.45, 2.75) is 19.9 Å². The largest absolute Gasteiger partial charge is 0.324 e. The molecule has 1 amide bonds. The number of rotatable bonds is 2. The quantitative estimate of drug-likeness (QED) is 0.857. The third kappa shape index (κ3) is 2.83. The van der Waals surface area contributed by atoms with Gasteiger partial charge in [-0.2, -0.15) is 0 Å². The molecule has 3 rings (SSSR count). The second kappa shape index (κ2) is 6.05. The zero-order valence-corrected chi connectivity index (χ0v) is 14.1. The van der Waals surface area contributed by atoms with E-state index in [2.05, 4.69) is 21.2 Å². The molecule has 3 nitrogen and oxygen atoms in total. The lowest BCUT2D eigenvalue weighted by Gasteiger charge is -2.14. The van der Waals surface area contributed by atoms with Crippen molar-refractivity contribution < 1.29 is 4.79 Å². The van der Waals surface area contributed by atoms with E-state index in [1.54, 1.807) is 0 Å². The van der Waals surface area contributed by atoms with Crippen LogP contribution in [0.1, 0.15) is 25.0 Å². The summed E-state index contributed by atoms with van der Waals surface area (Å²) in [5.74, 6) is 0.0842. The van der Waals surface area contributed by atoms with Crippen molar-refractivity contribution in [1.82, 2.24) is 0 Å². The summed E-state index contributed by atoms with van der Waals surface area (Å²) in [4.78, 5) is 17.2. The summed E-state index contributed by atoms with van der Waals surface area (Å²) < 4.78 is 0.965. The third-order valence-corrected chi connectivity index (χ3v) is 4.20. The maximum absolute atomic E-state index is 12.5. The van der Waals surface area contributed by atoms with Crippen LogP contribution in [0.4, 0.5) is 5.69 Å². The molecule has 1 heterocycles. The monoisotopic (exact) mass is 356 g/mol. The van der Waals surface area contributed by atoms with Gasteiger partial charge in [0.05, 0.1) is 11.4 Å². The first-order chi connectivity index (χ1) is 10.6. The molecule has 0 fully saturated rings. The van der Waals surface area contributed by atoms with Gasteiger partial charge in [-0.1, -0.05) is 60.1 Å². The van der Waals surface area contributed by atoms with Crippen LogP contribution in [0.2, 0.25) is 0 Å². The fourth-order valence-electron chi connectivity index (χ4n) is 2.57. The lowest BCUT2D eigenvalue weighted by molar-refractivity contribution is -0.118. The number of anilines is 1. The number of amides is 1. The second-order valence-corrected chi connectivity index (χ2v) is 6.63. The molecule has 0 aliphatic carbocycles. The summed E-state index contributed by atoms with van der Waals surface area (Å²) in [7, 11) is 0. The molecule has 0 spiro atoms. The highest BCUT2D eigenvalue weighted by Gasteiger charge is 2.27. The number of benzodiazepines with no additional fused rings is 1. The maximum Gasteiger partial charge on any atom is 0.249 e. The van der Waals surface area contributed by atoms with Crippen molar-refractivity contribution in [3.63, 3.8) is 0 Å². The van der Waals surface area contributed by atoms with Gasteiger partial charge in [-0.3, -0.25) is 9.79 Å². The van der Waals surface area contributed by atoms with Crippen LogP contribution in [0.3, 0.4) is 0 Å². The molecule has 0 saturated carbocycles. The Morgan fingerprint density at radius 1 is 1.14 bits per heavy atom. The van der Waals surface area contributed by atoms with Gasteiger partial charge in [-0.15, -0.1) is 0 Å². The Hall–Kier alpha value is -1.94. The summed E-state index contributed by atoms with van der Waals surface area (Å²) in [5, 5.41) is 3.01. The Morgan fingerprint density at radius 3 is 2.55 bits per heavy atom. The van der Waals surface area contributed by atoms with Crippen LogP contribution < -0.4 is 5.32 Å². The van der Waals surface area contributed by atoms with Gasteiger partial charge in [0.15, 0.2) is 0 Å². The highest BCUT2D eigenvalue weighted by molar-refractivity contribution is 9.10. The van der Waals surface area contributed by atoms with Crippen LogP contribution in [0, 0.1) is 5.92 Å². The van der Waals surface area contributed by atoms with E-state index in [9.17, 15) is 4.79 Å². The van der Waals surface area contributed by atoms with Crippen molar-refractivity contribution in [3.05, 3.63) is 64.1 Å². The predicted molar refractivity (Wildman–Crippen MR) is 93.5 cm³/mol. The van der Waals surface area contributed by atoms with Crippen LogP contribution in [0.5, 0.6) is 0 Å². The Labute approximate surface area is 138 Å². The molecule has 22 heavy (non-hydrogen) atoms. The summed E-state index contributed by atoms with van der Waals surface area (Å²) >= 11 is 3.51. The molecule has 4 heteroatoms. The summed E-state index contributed by atoms with van der Waals surface area (Å²) in [6.07, 6.45) is 0. The van der Waals surface area contributed by atoms with Crippen LogP contribution in [-0.4, -0.2) is 17.7 Å². The molecule has 1 unspecified atom stereocenters. The van der Waals surface area contributed by atoms with E-state index in [0.717, 1.165) is 27.0 Å². The Bertz CT molecular complexity index is 738. The smallest absolute Gasteiger partial charge is 0.249 e. The van der Waals surface area contributed by atoms with Crippen molar-refractivity contribution in [2.75, 3.05) is 5.32 Å². The highest BCUT2D eigenvalue weighted by atomic mass is 79.9. The van der Waals surface area contributed by atoms with Crippen molar-refractivity contribution in [1.29, 1.82) is 0 Å². The molecular weight excluding hydrogens is 340 g/mol. The second-order valence-electron chi connectivity index (χ2n) is 5.71. The SMILES string of the molecule is CC(C)C1N=C(c2ccccc2)c2cc(Br)ccc2NC1=O. The van der Waals surface area contributed by atoms with Gasteiger partial charge in [-0.05, 0) is 24.1 Å². The van der Waals surface area contributed by atoms with Crippen molar-refractivity contribution in [3.8, 4) is 0 Å². The van der Waals surface area contributed by atoms with E-state index in [-0.39, 0.29) is 17.9 Å². The average Bonchev–Trinajstić information content (AvgIpc) is 2.64.